The van der Waals surface area contributed by atoms with Gasteiger partial charge in [-0.3, -0.25) is 9.59 Å². The summed E-state index contributed by atoms with van der Waals surface area (Å²) in [5, 5.41) is 15.8. The Bertz CT molecular complexity index is 1630. The number of ketones is 1. The third-order valence-electron chi connectivity index (χ3n) is 6.87. The van der Waals surface area contributed by atoms with E-state index in [1.165, 1.54) is 23.1 Å². The van der Waals surface area contributed by atoms with Gasteiger partial charge in [-0.1, -0.05) is 78.9 Å². The van der Waals surface area contributed by atoms with Crippen LogP contribution in [0.15, 0.2) is 113 Å². The van der Waals surface area contributed by atoms with E-state index in [1.807, 2.05) is 103 Å². The van der Waals surface area contributed by atoms with Gasteiger partial charge in [0.1, 0.15) is 5.92 Å². The number of thiophene rings is 1. The van der Waals surface area contributed by atoms with Crippen molar-refractivity contribution in [1.82, 2.24) is 0 Å². The van der Waals surface area contributed by atoms with Gasteiger partial charge in [0.15, 0.2) is 5.78 Å². The molecule has 3 aromatic carbocycles. The number of carbonyl (C=O) groups is 2. The number of rotatable bonds is 7. The van der Waals surface area contributed by atoms with Crippen molar-refractivity contribution in [3.05, 3.63) is 124 Å². The molecule has 1 aliphatic heterocycles. The summed E-state index contributed by atoms with van der Waals surface area (Å²) in [4.78, 5) is 32.3. The van der Waals surface area contributed by atoms with Gasteiger partial charge < -0.3 is 5.32 Å². The third kappa shape index (κ3) is 5.84. The maximum atomic E-state index is 13.6. The average Bonchev–Trinajstić information content (AvgIpc) is 3.52. The smallest absolute Gasteiger partial charge is 0.254 e. The molecule has 1 N–H and O–H groups in total. The van der Waals surface area contributed by atoms with E-state index < -0.39 is 11.8 Å². The Morgan fingerprint density at radius 2 is 1.62 bits per heavy atom. The molecule has 7 heteroatoms. The molecule has 1 amide bonds. The zero-order chi connectivity index (χ0) is 28.1. The van der Waals surface area contributed by atoms with Gasteiger partial charge in [0, 0.05) is 33.3 Å². The van der Waals surface area contributed by atoms with Crippen LogP contribution in [0.25, 0.3) is 11.1 Å². The number of carbonyl (C=O) groups excluding carboxylic acids is 2. The maximum Gasteiger partial charge on any atom is 0.254 e. The first-order valence-corrected chi connectivity index (χ1v) is 14.7. The summed E-state index contributed by atoms with van der Waals surface area (Å²) < 4.78 is 0. The van der Waals surface area contributed by atoms with Gasteiger partial charge >= 0.3 is 0 Å². The van der Waals surface area contributed by atoms with Crippen molar-refractivity contribution >= 4 is 45.5 Å². The number of para-hydroxylation sites is 1. The molecule has 5 rings (SSSR count). The SMILES string of the molecule is CC1=C(C(=O)Nc2ccccc2C)C(c2cccs2)C(C#N)C(SCC(=O)c2ccc(-c3ccccc3)cc2)=N1. The van der Waals surface area contributed by atoms with E-state index >= 15 is 0 Å². The molecule has 1 aromatic heterocycles. The molecule has 2 atom stereocenters. The van der Waals surface area contributed by atoms with E-state index in [0.717, 1.165) is 27.3 Å². The standard InChI is InChI=1S/C33H27N3O2S2/c1-21-9-6-7-12-27(21)36-32(38)30-22(2)35-33(26(19-34)31(30)29-13-8-18-39-29)40-20-28(37)25-16-14-24(15-17-25)23-10-4-3-5-11-23/h3-18,26,31H,20H2,1-2H3,(H,36,38). The molecule has 1 aliphatic rings. The first kappa shape index (κ1) is 27.3. The molecule has 198 valence electrons. The summed E-state index contributed by atoms with van der Waals surface area (Å²) in [6.07, 6.45) is 0. The van der Waals surface area contributed by atoms with Crippen LogP contribution >= 0.6 is 23.1 Å². The van der Waals surface area contributed by atoms with Gasteiger partial charge in [-0.2, -0.15) is 5.26 Å². The number of nitrogens with one attached hydrogen (secondary N) is 1. The molecule has 0 saturated heterocycles. The van der Waals surface area contributed by atoms with Gasteiger partial charge in [0.05, 0.1) is 16.9 Å². The highest BCUT2D eigenvalue weighted by molar-refractivity contribution is 8.14. The number of hydrogen-bond acceptors (Lipinski definition) is 6. The fraction of sp³-hybridized carbons (Fsp3) is 0.152. The van der Waals surface area contributed by atoms with Crippen LogP contribution in [0.4, 0.5) is 5.69 Å². The molecule has 0 spiro atoms. The summed E-state index contributed by atoms with van der Waals surface area (Å²) in [5.74, 6) is -1.32. The number of hydrogen-bond donors (Lipinski definition) is 1. The van der Waals surface area contributed by atoms with Crippen molar-refractivity contribution in [2.75, 3.05) is 11.1 Å². The Labute approximate surface area is 242 Å². The number of anilines is 1. The van der Waals surface area contributed by atoms with Crippen LogP contribution in [0.3, 0.4) is 0 Å². The van der Waals surface area contributed by atoms with Crippen LogP contribution in [0, 0.1) is 24.2 Å². The Balaban J connectivity index is 1.39. The maximum absolute atomic E-state index is 13.6. The summed E-state index contributed by atoms with van der Waals surface area (Å²) in [6.45, 7) is 3.73. The summed E-state index contributed by atoms with van der Waals surface area (Å²) in [7, 11) is 0. The lowest BCUT2D eigenvalue weighted by molar-refractivity contribution is -0.113. The molecule has 40 heavy (non-hydrogen) atoms. The zero-order valence-corrected chi connectivity index (χ0v) is 23.8. The van der Waals surface area contributed by atoms with Crippen LogP contribution in [-0.4, -0.2) is 22.5 Å². The first-order valence-electron chi connectivity index (χ1n) is 12.9. The molecule has 0 bridgehead atoms. The number of thioether (sulfide) groups is 1. The molecule has 0 radical (unpaired) electrons. The fourth-order valence-corrected chi connectivity index (χ4v) is 6.65. The normalized spacial score (nSPS) is 16.7. The molecular weight excluding hydrogens is 535 g/mol. The van der Waals surface area contributed by atoms with E-state index in [0.29, 0.717) is 21.9 Å². The molecule has 0 saturated carbocycles. The molecular formula is C33H27N3O2S2. The predicted molar refractivity (Wildman–Crippen MR) is 165 cm³/mol. The minimum atomic E-state index is -0.682. The van der Waals surface area contributed by atoms with Crippen molar-refractivity contribution in [1.29, 1.82) is 5.26 Å². The molecule has 4 aromatic rings. The molecule has 0 fully saturated rings. The molecule has 0 aliphatic carbocycles. The van der Waals surface area contributed by atoms with Gasteiger partial charge in [0.2, 0.25) is 0 Å². The monoisotopic (exact) mass is 561 g/mol. The second kappa shape index (κ2) is 12.3. The molecule has 2 heterocycles. The summed E-state index contributed by atoms with van der Waals surface area (Å²) in [5.41, 5.74) is 5.44. The number of Topliss-reactive ketones (excluding diaryl/α,β-unsaturated/α-hetero) is 1. The number of nitrogens with zero attached hydrogens (tertiary/aromatic N) is 2. The predicted octanol–water partition coefficient (Wildman–Crippen LogP) is 7.89. The van der Waals surface area contributed by atoms with E-state index in [1.54, 1.807) is 6.92 Å². The van der Waals surface area contributed by atoms with Crippen molar-refractivity contribution in [3.63, 3.8) is 0 Å². The Kier molecular flexibility index (Phi) is 8.40. The number of nitriles is 1. The highest BCUT2D eigenvalue weighted by atomic mass is 32.2. The lowest BCUT2D eigenvalue weighted by Gasteiger charge is -2.29. The first-order chi connectivity index (χ1) is 19.5. The quantitative estimate of drug-likeness (QED) is 0.233. The summed E-state index contributed by atoms with van der Waals surface area (Å²) >= 11 is 2.78. The minimum absolute atomic E-state index is 0.0404. The number of benzene rings is 3. The number of aliphatic imine (C=N–C) groups is 1. The van der Waals surface area contributed by atoms with Crippen molar-refractivity contribution < 1.29 is 9.59 Å². The fourth-order valence-electron chi connectivity index (χ4n) is 4.77. The Morgan fingerprint density at radius 3 is 2.30 bits per heavy atom. The van der Waals surface area contributed by atoms with Gasteiger partial charge in [-0.15, -0.1) is 23.1 Å². The van der Waals surface area contributed by atoms with Crippen LogP contribution in [0.5, 0.6) is 0 Å². The molecule has 2 unspecified atom stereocenters. The lowest BCUT2D eigenvalue weighted by Crippen LogP contribution is -2.31. The van der Waals surface area contributed by atoms with Crippen LogP contribution in [0.1, 0.15) is 33.6 Å². The average molecular weight is 562 g/mol. The highest BCUT2D eigenvalue weighted by Crippen LogP contribution is 2.43. The topological polar surface area (TPSA) is 82.3 Å². The van der Waals surface area contributed by atoms with Crippen LogP contribution in [0.2, 0.25) is 0 Å². The number of allylic oxidation sites excluding steroid dienone is 1. The van der Waals surface area contributed by atoms with Gasteiger partial charge in [-0.05, 0) is 48.1 Å². The van der Waals surface area contributed by atoms with Crippen LogP contribution < -0.4 is 5.32 Å². The minimum Gasteiger partial charge on any atom is -0.322 e. The van der Waals surface area contributed by atoms with Crippen molar-refractivity contribution in [2.24, 2.45) is 10.9 Å². The third-order valence-corrected chi connectivity index (χ3v) is 8.87. The van der Waals surface area contributed by atoms with Crippen molar-refractivity contribution in [3.8, 4) is 17.2 Å². The number of amides is 1. The lowest BCUT2D eigenvalue weighted by atomic mass is 9.82. The number of aryl methyl sites for hydroxylation is 1. The van der Waals surface area contributed by atoms with Crippen LogP contribution in [-0.2, 0) is 4.79 Å². The van der Waals surface area contributed by atoms with E-state index in [2.05, 4.69) is 11.4 Å². The van der Waals surface area contributed by atoms with E-state index in [-0.39, 0.29) is 17.4 Å². The Hall–Kier alpha value is -4.25. The highest BCUT2D eigenvalue weighted by Gasteiger charge is 2.39. The molecule has 5 nitrogen and oxygen atoms in total. The van der Waals surface area contributed by atoms with Gasteiger partial charge in [-0.25, -0.2) is 4.99 Å². The largest absolute Gasteiger partial charge is 0.322 e. The van der Waals surface area contributed by atoms with Gasteiger partial charge in [0.25, 0.3) is 5.91 Å². The second-order valence-electron chi connectivity index (χ2n) is 9.47. The van der Waals surface area contributed by atoms with E-state index in [9.17, 15) is 14.9 Å². The van der Waals surface area contributed by atoms with Crippen molar-refractivity contribution in [2.45, 2.75) is 19.8 Å². The zero-order valence-electron chi connectivity index (χ0n) is 22.1. The summed E-state index contributed by atoms with van der Waals surface area (Å²) in [6, 6.07) is 31.4. The van der Waals surface area contributed by atoms with E-state index in [4.69, 9.17) is 4.99 Å². The second-order valence-corrected chi connectivity index (χ2v) is 11.4. The Morgan fingerprint density at radius 1 is 0.925 bits per heavy atom.